The van der Waals surface area contributed by atoms with Gasteiger partial charge in [-0.3, -0.25) is 10.1 Å². The van der Waals surface area contributed by atoms with E-state index in [1.165, 1.54) is 24.3 Å². The summed E-state index contributed by atoms with van der Waals surface area (Å²) in [6, 6.07) is 11.5. The highest BCUT2D eigenvalue weighted by Crippen LogP contribution is 2.24. The molecule has 0 aliphatic rings. The van der Waals surface area contributed by atoms with E-state index >= 15 is 0 Å². The van der Waals surface area contributed by atoms with Gasteiger partial charge in [-0.2, -0.15) is 0 Å². The molecule has 0 fully saturated rings. The second-order valence-electron chi connectivity index (χ2n) is 5.04. The van der Waals surface area contributed by atoms with Crippen molar-refractivity contribution in [2.45, 2.75) is 11.3 Å². The largest absolute Gasteiger partial charge is 0.462 e. The first kappa shape index (κ1) is 18.9. The first-order valence-corrected chi connectivity index (χ1v) is 9.23. The van der Waals surface area contributed by atoms with Crippen molar-refractivity contribution in [1.82, 2.24) is 0 Å². The third kappa shape index (κ3) is 5.01. The number of hydrogen-bond donors (Lipinski definition) is 0. The number of benzene rings is 2. The van der Waals surface area contributed by atoms with E-state index in [1.54, 1.807) is 18.2 Å². The molecule has 25 heavy (non-hydrogen) atoms. The molecule has 0 bridgehead atoms. The number of rotatable bonds is 7. The predicted molar refractivity (Wildman–Crippen MR) is 91.5 cm³/mol. The lowest BCUT2D eigenvalue weighted by atomic mass is 10.2. The highest BCUT2D eigenvalue weighted by atomic mass is 35.5. The Kier molecular flexibility index (Phi) is 6.11. The number of esters is 1. The van der Waals surface area contributed by atoms with E-state index in [0.29, 0.717) is 0 Å². The Morgan fingerprint density at radius 2 is 1.84 bits per heavy atom. The van der Waals surface area contributed by atoms with Crippen molar-refractivity contribution >= 4 is 33.1 Å². The van der Waals surface area contributed by atoms with E-state index in [0.717, 1.165) is 6.07 Å². The molecule has 2 aromatic carbocycles. The third-order valence-corrected chi connectivity index (χ3v) is 5.32. The van der Waals surface area contributed by atoms with Crippen LogP contribution >= 0.6 is 11.6 Å². The highest BCUT2D eigenvalue weighted by molar-refractivity contribution is 7.91. The van der Waals surface area contributed by atoms with Gasteiger partial charge in [-0.25, -0.2) is 13.2 Å². The van der Waals surface area contributed by atoms with Gasteiger partial charge in [0.25, 0.3) is 5.69 Å². The van der Waals surface area contributed by atoms with E-state index in [2.05, 4.69) is 0 Å². The number of nitro groups is 1. The van der Waals surface area contributed by atoms with Crippen LogP contribution in [0.2, 0.25) is 5.02 Å². The molecular formula is C16H14ClNO6S. The van der Waals surface area contributed by atoms with Crippen molar-refractivity contribution in [3.8, 4) is 0 Å². The average molecular weight is 384 g/mol. The van der Waals surface area contributed by atoms with E-state index < -0.39 is 26.4 Å². The van der Waals surface area contributed by atoms with Crippen molar-refractivity contribution in [2.24, 2.45) is 0 Å². The molecule has 2 rings (SSSR count). The van der Waals surface area contributed by atoms with Gasteiger partial charge in [0.05, 0.1) is 22.2 Å². The average Bonchev–Trinajstić information content (AvgIpc) is 2.59. The maximum absolute atomic E-state index is 12.1. The van der Waals surface area contributed by atoms with Crippen LogP contribution in [0.4, 0.5) is 5.69 Å². The maximum atomic E-state index is 12.1. The van der Waals surface area contributed by atoms with Gasteiger partial charge in [0.15, 0.2) is 9.84 Å². The first-order chi connectivity index (χ1) is 11.8. The summed E-state index contributed by atoms with van der Waals surface area (Å²) in [5.41, 5.74) is -0.699. The lowest BCUT2D eigenvalue weighted by molar-refractivity contribution is -0.385. The Bertz CT molecular complexity index is 883. The lowest BCUT2D eigenvalue weighted by Gasteiger charge is -2.07. The van der Waals surface area contributed by atoms with Gasteiger partial charge in [0, 0.05) is 11.1 Å². The molecule has 0 N–H and O–H groups in total. The molecule has 132 valence electrons. The Hall–Kier alpha value is -2.45. The summed E-state index contributed by atoms with van der Waals surface area (Å²) in [7, 11) is -3.47. The smallest absolute Gasteiger partial charge is 0.345 e. The minimum absolute atomic E-state index is 0.0738. The molecule has 0 saturated carbocycles. The maximum Gasteiger partial charge on any atom is 0.345 e. The first-order valence-electron chi connectivity index (χ1n) is 7.20. The number of nitro benzene ring substituents is 1. The molecule has 2 aromatic rings. The zero-order chi connectivity index (χ0) is 18.4. The van der Waals surface area contributed by atoms with Crippen molar-refractivity contribution in [1.29, 1.82) is 0 Å². The summed E-state index contributed by atoms with van der Waals surface area (Å²) in [4.78, 5) is 22.4. The van der Waals surface area contributed by atoms with Crippen LogP contribution in [0, 0.1) is 10.1 Å². The molecule has 0 spiro atoms. The summed E-state index contributed by atoms with van der Waals surface area (Å²) in [5.74, 6) is -1.10. The van der Waals surface area contributed by atoms with Crippen molar-refractivity contribution < 1.29 is 22.9 Å². The fraction of sp³-hybridized carbons (Fsp3) is 0.188. The predicted octanol–water partition coefficient (Wildman–Crippen LogP) is 3.27. The van der Waals surface area contributed by atoms with Crippen molar-refractivity contribution in [2.75, 3.05) is 12.4 Å². The summed E-state index contributed by atoms with van der Waals surface area (Å²) in [5, 5.41) is 11.1. The van der Waals surface area contributed by atoms with E-state index in [1.807, 2.05) is 0 Å². The monoisotopic (exact) mass is 383 g/mol. The minimum Gasteiger partial charge on any atom is -0.462 e. The van der Waals surface area contributed by atoms with Crippen LogP contribution in [0.3, 0.4) is 0 Å². The Morgan fingerprint density at radius 1 is 1.16 bits per heavy atom. The van der Waals surface area contributed by atoms with Crippen LogP contribution in [0.1, 0.15) is 16.8 Å². The fourth-order valence-corrected chi connectivity index (χ4v) is 3.54. The quantitative estimate of drug-likeness (QED) is 0.314. The molecule has 0 aliphatic carbocycles. The second-order valence-corrected chi connectivity index (χ2v) is 7.59. The van der Waals surface area contributed by atoms with Gasteiger partial charge in [-0.1, -0.05) is 29.8 Å². The number of nitrogens with zero attached hydrogens (tertiary/aromatic N) is 1. The van der Waals surface area contributed by atoms with Crippen LogP contribution in [0.15, 0.2) is 53.4 Å². The van der Waals surface area contributed by atoms with Crippen LogP contribution < -0.4 is 0 Å². The minimum atomic E-state index is -3.47. The van der Waals surface area contributed by atoms with E-state index in [9.17, 15) is 23.3 Å². The molecule has 0 atom stereocenters. The molecule has 0 saturated heterocycles. The molecule has 0 radical (unpaired) electrons. The summed E-state index contributed by atoms with van der Waals surface area (Å²) in [6.45, 7) is -0.176. The molecular weight excluding hydrogens is 370 g/mol. The van der Waals surface area contributed by atoms with Gasteiger partial charge >= 0.3 is 5.97 Å². The SMILES string of the molecule is O=C(OCCCS(=O)(=O)c1ccccc1)c1ccc(Cl)cc1[N+](=O)[O-]. The Labute approximate surface area is 149 Å². The van der Waals surface area contributed by atoms with Crippen molar-refractivity contribution in [3.63, 3.8) is 0 Å². The molecule has 0 unspecified atom stereocenters. The molecule has 7 nitrogen and oxygen atoms in total. The van der Waals surface area contributed by atoms with E-state index in [-0.39, 0.29) is 34.3 Å². The lowest BCUT2D eigenvalue weighted by Crippen LogP contribution is -2.13. The van der Waals surface area contributed by atoms with E-state index in [4.69, 9.17) is 16.3 Å². The summed E-state index contributed by atoms with van der Waals surface area (Å²) >= 11 is 5.68. The van der Waals surface area contributed by atoms with Gasteiger partial charge in [0.2, 0.25) is 0 Å². The zero-order valence-corrected chi connectivity index (χ0v) is 14.5. The molecule has 0 aromatic heterocycles. The summed E-state index contributed by atoms with van der Waals surface area (Å²) < 4.78 is 29.1. The van der Waals surface area contributed by atoms with Crippen LogP contribution in [-0.2, 0) is 14.6 Å². The molecule has 0 amide bonds. The topological polar surface area (TPSA) is 104 Å². The van der Waals surface area contributed by atoms with Gasteiger partial charge in [-0.15, -0.1) is 0 Å². The van der Waals surface area contributed by atoms with Gasteiger partial charge in [-0.05, 0) is 30.7 Å². The summed E-state index contributed by atoms with van der Waals surface area (Å²) in [6.07, 6.45) is 0.0738. The van der Waals surface area contributed by atoms with Gasteiger partial charge < -0.3 is 4.74 Å². The number of carbonyl (C=O) groups excluding carboxylic acids is 1. The molecule has 0 aliphatic heterocycles. The zero-order valence-electron chi connectivity index (χ0n) is 12.9. The molecule has 0 heterocycles. The number of carbonyl (C=O) groups is 1. The highest BCUT2D eigenvalue weighted by Gasteiger charge is 2.22. The number of hydrogen-bond acceptors (Lipinski definition) is 6. The Morgan fingerprint density at radius 3 is 2.48 bits per heavy atom. The van der Waals surface area contributed by atoms with Gasteiger partial charge in [0.1, 0.15) is 5.56 Å². The Balaban J connectivity index is 1.95. The second kappa shape index (κ2) is 8.09. The number of ether oxygens (including phenoxy) is 1. The fourth-order valence-electron chi connectivity index (χ4n) is 2.07. The molecule has 9 heteroatoms. The standard InChI is InChI=1S/C16H14ClNO6S/c17-12-7-8-14(15(11-12)18(20)21)16(19)24-9-4-10-25(22,23)13-5-2-1-3-6-13/h1-3,5-8,11H,4,9-10H2. The number of sulfone groups is 1. The normalized spacial score (nSPS) is 11.1. The number of halogens is 1. The van der Waals surface area contributed by atoms with Crippen LogP contribution in [0.5, 0.6) is 0 Å². The van der Waals surface area contributed by atoms with Crippen LogP contribution in [0.25, 0.3) is 0 Å². The third-order valence-electron chi connectivity index (χ3n) is 3.27. The van der Waals surface area contributed by atoms with Crippen LogP contribution in [-0.4, -0.2) is 31.7 Å². The van der Waals surface area contributed by atoms with Crippen molar-refractivity contribution in [3.05, 3.63) is 69.2 Å².